The van der Waals surface area contributed by atoms with Gasteiger partial charge in [0.25, 0.3) is 5.91 Å². The first-order valence-electron chi connectivity index (χ1n) is 9.38. The number of rotatable bonds is 2. The molecule has 0 aliphatic carbocycles. The van der Waals surface area contributed by atoms with Gasteiger partial charge in [-0.05, 0) is 24.3 Å². The minimum Gasteiger partial charge on any atom is -0.497 e. The van der Waals surface area contributed by atoms with Crippen LogP contribution >= 0.6 is 0 Å². The fraction of sp³-hybridized carbons (Fsp3) is 0.550. The summed E-state index contributed by atoms with van der Waals surface area (Å²) < 4.78 is 5.16. The van der Waals surface area contributed by atoms with Crippen molar-refractivity contribution in [2.24, 2.45) is 5.41 Å². The number of carbonyl (C=O) groups is 3. The number of carbonyl (C=O) groups excluding carboxylic acids is 3. The molecular formula is C20H28N4O4. The van der Waals surface area contributed by atoms with Crippen molar-refractivity contribution in [3.8, 4) is 5.75 Å². The maximum atomic E-state index is 13.1. The summed E-state index contributed by atoms with van der Waals surface area (Å²) in [6, 6.07) is 6.91. The van der Waals surface area contributed by atoms with Gasteiger partial charge < -0.3 is 24.3 Å². The number of methoxy groups -OCH3 is 1. The van der Waals surface area contributed by atoms with Gasteiger partial charge in [0.2, 0.25) is 5.91 Å². The SMILES string of the molecule is COc1ccc(C(=O)N2CCN(C(=O)N(C)C)C[C@]3(CC(=O)N(C)C3)C2)cc1. The Morgan fingerprint density at radius 2 is 1.64 bits per heavy atom. The standard InChI is InChI=1S/C20H28N4O4/c1-21(2)19(27)24-10-9-23(13-20(14-24)11-17(25)22(3)12-20)18(26)15-5-7-16(28-4)8-6-15/h5-8H,9-14H2,1-4H3/t20-/m0/s1. The third kappa shape index (κ3) is 3.90. The number of urea groups is 1. The molecule has 2 saturated heterocycles. The van der Waals surface area contributed by atoms with Crippen LogP contribution in [-0.2, 0) is 4.79 Å². The summed E-state index contributed by atoms with van der Waals surface area (Å²) in [5.41, 5.74) is 0.122. The van der Waals surface area contributed by atoms with Gasteiger partial charge in [-0.1, -0.05) is 0 Å². The van der Waals surface area contributed by atoms with Crippen LogP contribution in [0.5, 0.6) is 5.75 Å². The molecule has 28 heavy (non-hydrogen) atoms. The molecule has 0 unspecified atom stereocenters. The van der Waals surface area contributed by atoms with Crippen molar-refractivity contribution in [2.75, 3.05) is 61.0 Å². The van der Waals surface area contributed by atoms with Crippen molar-refractivity contribution in [3.63, 3.8) is 0 Å². The monoisotopic (exact) mass is 388 g/mol. The van der Waals surface area contributed by atoms with E-state index in [0.717, 1.165) is 0 Å². The van der Waals surface area contributed by atoms with Crippen LogP contribution in [0.3, 0.4) is 0 Å². The van der Waals surface area contributed by atoms with Gasteiger partial charge in [0.1, 0.15) is 5.75 Å². The maximum Gasteiger partial charge on any atom is 0.319 e. The second-order valence-corrected chi connectivity index (χ2v) is 7.98. The summed E-state index contributed by atoms with van der Waals surface area (Å²) in [4.78, 5) is 44.8. The number of benzene rings is 1. The molecular weight excluding hydrogens is 360 g/mol. The average Bonchev–Trinajstić information content (AvgIpc) is 2.84. The summed E-state index contributed by atoms with van der Waals surface area (Å²) in [6.45, 7) is 2.33. The van der Waals surface area contributed by atoms with Crippen molar-refractivity contribution in [2.45, 2.75) is 6.42 Å². The smallest absolute Gasteiger partial charge is 0.319 e. The third-order valence-corrected chi connectivity index (χ3v) is 5.49. The van der Waals surface area contributed by atoms with Crippen LogP contribution in [-0.4, -0.2) is 98.4 Å². The van der Waals surface area contributed by atoms with E-state index in [1.54, 1.807) is 67.2 Å². The first-order chi connectivity index (χ1) is 13.2. The number of ether oxygens (including phenoxy) is 1. The molecule has 2 fully saturated rings. The normalized spacial score (nSPS) is 22.4. The number of hydrogen-bond donors (Lipinski definition) is 0. The van der Waals surface area contributed by atoms with Crippen molar-refractivity contribution in [1.29, 1.82) is 0 Å². The molecule has 4 amide bonds. The van der Waals surface area contributed by atoms with Gasteiger partial charge in [-0.3, -0.25) is 9.59 Å². The van der Waals surface area contributed by atoms with Crippen LogP contribution < -0.4 is 4.74 Å². The lowest BCUT2D eigenvalue weighted by molar-refractivity contribution is -0.126. The molecule has 0 saturated carbocycles. The van der Waals surface area contributed by atoms with Gasteiger partial charge in [-0.2, -0.15) is 0 Å². The molecule has 152 valence electrons. The van der Waals surface area contributed by atoms with E-state index in [-0.39, 0.29) is 17.8 Å². The zero-order valence-electron chi connectivity index (χ0n) is 17.0. The molecule has 2 heterocycles. The predicted molar refractivity (Wildman–Crippen MR) is 104 cm³/mol. The Balaban J connectivity index is 1.87. The molecule has 1 aromatic carbocycles. The maximum absolute atomic E-state index is 13.1. The largest absolute Gasteiger partial charge is 0.497 e. The molecule has 0 N–H and O–H groups in total. The van der Waals surface area contributed by atoms with E-state index in [1.165, 1.54) is 4.90 Å². The third-order valence-electron chi connectivity index (χ3n) is 5.49. The molecule has 0 bridgehead atoms. The average molecular weight is 388 g/mol. The molecule has 3 rings (SSSR count). The summed E-state index contributed by atoms with van der Waals surface area (Å²) >= 11 is 0. The van der Waals surface area contributed by atoms with Gasteiger partial charge in [0, 0.05) is 71.3 Å². The molecule has 1 atom stereocenters. The quantitative estimate of drug-likeness (QED) is 0.757. The first-order valence-corrected chi connectivity index (χ1v) is 9.38. The second kappa shape index (κ2) is 7.69. The Morgan fingerprint density at radius 1 is 1.04 bits per heavy atom. The minimum absolute atomic E-state index is 0.0519. The highest BCUT2D eigenvalue weighted by Gasteiger charge is 2.47. The van der Waals surface area contributed by atoms with Crippen molar-refractivity contribution in [1.82, 2.24) is 19.6 Å². The zero-order chi connectivity index (χ0) is 20.5. The van der Waals surface area contributed by atoms with E-state index in [4.69, 9.17) is 4.74 Å². The predicted octanol–water partition coefficient (Wildman–Crippen LogP) is 0.983. The summed E-state index contributed by atoms with van der Waals surface area (Å²) in [6.07, 6.45) is 0.340. The van der Waals surface area contributed by atoms with Crippen LogP contribution in [0.25, 0.3) is 0 Å². The molecule has 0 radical (unpaired) electrons. The fourth-order valence-electron chi connectivity index (χ4n) is 4.11. The number of nitrogens with zero attached hydrogens (tertiary/aromatic N) is 4. The molecule has 8 nitrogen and oxygen atoms in total. The lowest BCUT2D eigenvalue weighted by Crippen LogP contribution is -2.47. The van der Waals surface area contributed by atoms with Crippen LogP contribution in [0.4, 0.5) is 4.79 Å². The van der Waals surface area contributed by atoms with E-state index in [0.29, 0.717) is 50.5 Å². The van der Waals surface area contributed by atoms with E-state index in [9.17, 15) is 14.4 Å². The molecule has 8 heteroatoms. The highest BCUT2D eigenvalue weighted by Crippen LogP contribution is 2.35. The summed E-state index contributed by atoms with van der Waals surface area (Å²) in [5, 5.41) is 0. The molecule has 1 aromatic rings. The Bertz CT molecular complexity index is 764. The van der Waals surface area contributed by atoms with Crippen molar-refractivity contribution < 1.29 is 19.1 Å². The van der Waals surface area contributed by atoms with Gasteiger partial charge >= 0.3 is 6.03 Å². The van der Waals surface area contributed by atoms with E-state index >= 15 is 0 Å². The summed E-state index contributed by atoms with van der Waals surface area (Å²) in [5.74, 6) is 0.647. The number of amides is 4. The van der Waals surface area contributed by atoms with Crippen molar-refractivity contribution >= 4 is 17.8 Å². The molecule has 1 spiro atoms. The van der Waals surface area contributed by atoms with Gasteiger partial charge in [0.05, 0.1) is 7.11 Å². The van der Waals surface area contributed by atoms with Crippen LogP contribution in [0, 0.1) is 5.41 Å². The zero-order valence-corrected chi connectivity index (χ0v) is 17.0. The first kappa shape index (κ1) is 20.0. The lowest BCUT2D eigenvalue weighted by Gasteiger charge is -2.34. The lowest BCUT2D eigenvalue weighted by atomic mass is 9.86. The van der Waals surface area contributed by atoms with Gasteiger partial charge in [-0.25, -0.2) is 4.79 Å². The van der Waals surface area contributed by atoms with Gasteiger partial charge in [-0.15, -0.1) is 0 Å². The Labute approximate surface area is 165 Å². The Morgan fingerprint density at radius 3 is 2.18 bits per heavy atom. The second-order valence-electron chi connectivity index (χ2n) is 7.98. The number of likely N-dealkylation sites (tertiary alicyclic amines) is 1. The highest BCUT2D eigenvalue weighted by atomic mass is 16.5. The molecule has 2 aliphatic heterocycles. The highest BCUT2D eigenvalue weighted by molar-refractivity contribution is 5.94. The summed E-state index contributed by atoms with van der Waals surface area (Å²) in [7, 11) is 6.78. The number of hydrogen-bond acceptors (Lipinski definition) is 4. The topological polar surface area (TPSA) is 73.4 Å². The fourth-order valence-corrected chi connectivity index (χ4v) is 4.11. The molecule has 0 aromatic heterocycles. The van der Waals surface area contributed by atoms with Crippen LogP contribution in [0.2, 0.25) is 0 Å². The van der Waals surface area contributed by atoms with Crippen molar-refractivity contribution in [3.05, 3.63) is 29.8 Å². The Kier molecular flexibility index (Phi) is 5.49. The minimum atomic E-state index is -0.448. The molecule has 2 aliphatic rings. The van der Waals surface area contributed by atoms with Gasteiger partial charge in [0.15, 0.2) is 0 Å². The van der Waals surface area contributed by atoms with Crippen LogP contribution in [0.15, 0.2) is 24.3 Å². The van der Waals surface area contributed by atoms with E-state index in [1.807, 2.05) is 0 Å². The Hall–Kier alpha value is -2.77. The van der Waals surface area contributed by atoms with Crippen LogP contribution in [0.1, 0.15) is 16.8 Å². The van der Waals surface area contributed by atoms with E-state index in [2.05, 4.69) is 0 Å². The van der Waals surface area contributed by atoms with E-state index < -0.39 is 5.41 Å².